The van der Waals surface area contributed by atoms with Crippen LogP contribution in [0.5, 0.6) is 0 Å². The van der Waals surface area contributed by atoms with E-state index in [4.69, 9.17) is 33.9 Å². The van der Waals surface area contributed by atoms with Gasteiger partial charge in [-0.15, -0.1) is 0 Å². The van der Waals surface area contributed by atoms with Gasteiger partial charge in [-0.05, 0) is 25.0 Å². The van der Waals surface area contributed by atoms with Gasteiger partial charge < -0.3 is 5.32 Å². The van der Waals surface area contributed by atoms with Gasteiger partial charge in [-0.3, -0.25) is 4.79 Å². The lowest BCUT2D eigenvalue weighted by molar-refractivity contribution is 0.0928. The molecule has 0 heterocycles. The molecule has 0 saturated carbocycles. The summed E-state index contributed by atoms with van der Waals surface area (Å²) in [5, 5.41) is 2.73. The van der Waals surface area contributed by atoms with Crippen molar-refractivity contribution >= 4 is 48.8 Å². The summed E-state index contributed by atoms with van der Waals surface area (Å²) in [6, 6.07) is 2.21. The highest BCUT2D eigenvalue weighted by Crippen LogP contribution is 2.30. The summed E-state index contributed by atoms with van der Waals surface area (Å²) >= 11 is 11.7. The lowest BCUT2D eigenvalue weighted by atomic mass is 10.0. The van der Waals surface area contributed by atoms with Gasteiger partial charge in [-0.1, -0.05) is 43.5 Å². The van der Waals surface area contributed by atoms with Gasteiger partial charge in [-0.2, -0.15) is 0 Å². The fraction of sp³-hybridized carbons (Fsp3) is 0.462. The highest BCUT2D eigenvalue weighted by Gasteiger charge is 2.22. The Morgan fingerprint density at radius 2 is 1.81 bits per heavy atom. The van der Waals surface area contributed by atoms with Crippen molar-refractivity contribution in [3.63, 3.8) is 0 Å². The van der Waals surface area contributed by atoms with Crippen LogP contribution >= 0.6 is 33.9 Å². The van der Waals surface area contributed by atoms with Gasteiger partial charge in [0.2, 0.25) is 0 Å². The van der Waals surface area contributed by atoms with E-state index in [0.717, 1.165) is 12.5 Å². The van der Waals surface area contributed by atoms with Crippen LogP contribution in [0, 0.1) is 5.92 Å². The largest absolute Gasteiger partial charge is 0.349 e. The molecule has 21 heavy (non-hydrogen) atoms. The number of rotatable bonds is 5. The average Bonchev–Trinajstić information content (AvgIpc) is 2.35. The number of nitrogens with one attached hydrogen (secondary N) is 1. The van der Waals surface area contributed by atoms with Crippen molar-refractivity contribution in [2.45, 2.75) is 38.1 Å². The first-order valence-electron chi connectivity index (χ1n) is 6.32. The van der Waals surface area contributed by atoms with Gasteiger partial charge >= 0.3 is 0 Å². The molecule has 1 rings (SSSR count). The predicted molar refractivity (Wildman–Crippen MR) is 85.9 cm³/mol. The van der Waals surface area contributed by atoms with Crippen molar-refractivity contribution in [1.82, 2.24) is 5.32 Å². The van der Waals surface area contributed by atoms with E-state index >= 15 is 0 Å². The molecule has 0 radical (unpaired) electrons. The number of hydrogen-bond donors (Lipinski definition) is 1. The third-order valence-electron chi connectivity index (χ3n) is 3.39. The summed E-state index contributed by atoms with van der Waals surface area (Å²) in [5.41, 5.74) is 0.0236. The molecule has 1 aromatic carbocycles. The van der Waals surface area contributed by atoms with Crippen LogP contribution in [0.15, 0.2) is 17.0 Å². The normalized spacial score (nSPS) is 14.6. The number of hydrogen-bond acceptors (Lipinski definition) is 3. The maximum atomic E-state index is 12.2. The molecule has 2 unspecified atom stereocenters. The van der Waals surface area contributed by atoms with Crippen molar-refractivity contribution < 1.29 is 13.2 Å². The van der Waals surface area contributed by atoms with Crippen molar-refractivity contribution in [2.24, 2.45) is 5.92 Å². The summed E-state index contributed by atoms with van der Waals surface area (Å²) in [7, 11) is 1.23. The second kappa shape index (κ2) is 7.18. The van der Waals surface area contributed by atoms with Crippen molar-refractivity contribution in [3.8, 4) is 0 Å². The summed E-state index contributed by atoms with van der Waals surface area (Å²) in [4.78, 5) is 11.9. The molecular weight excluding hydrogens is 357 g/mol. The van der Waals surface area contributed by atoms with Gasteiger partial charge in [0.1, 0.15) is 4.90 Å². The first-order valence-corrected chi connectivity index (χ1v) is 9.39. The van der Waals surface area contributed by atoms with Crippen LogP contribution in [-0.2, 0) is 9.05 Å². The first kappa shape index (κ1) is 18.6. The molecule has 8 heteroatoms. The minimum absolute atomic E-state index is 0.0236. The first-order chi connectivity index (χ1) is 9.57. The van der Waals surface area contributed by atoms with Crippen LogP contribution in [0.4, 0.5) is 0 Å². The molecule has 1 amide bonds. The van der Waals surface area contributed by atoms with Gasteiger partial charge in [0.15, 0.2) is 0 Å². The Balaban J connectivity index is 3.16. The van der Waals surface area contributed by atoms with Gasteiger partial charge in [-0.25, -0.2) is 8.42 Å². The number of benzene rings is 1. The van der Waals surface area contributed by atoms with Crippen LogP contribution in [0.25, 0.3) is 0 Å². The van der Waals surface area contributed by atoms with Gasteiger partial charge in [0.25, 0.3) is 15.0 Å². The van der Waals surface area contributed by atoms with Crippen LogP contribution < -0.4 is 5.32 Å². The zero-order valence-electron chi connectivity index (χ0n) is 11.8. The molecule has 1 N–H and O–H groups in total. The summed E-state index contributed by atoms with van der Waals surface area (Å²) in [6.07, 6.45) is 0.900. The van der Waals surface area contributed by atoms with E-state index in [9.17, 15) is 13.2 Å². The maximum Gasteiger partial charge on any atom is 0.262 e. The Labute approximate surface area is 139 Å². The van der Waals surface area contributed by atoms with Gasteiger partial charge in [0, 0.05) is 16.7 Å². The molecule has 0 saturated heterocycles. The van der Waals surface area contributed by atoms with E-state index in [1.807, 2.05) is 20.8 Å². The fourth-order valence-electron chi connectivity index (χ4n) is 1.67. The minimum Gasteiger partial charge on any atom is -0.349 e. The third kappa shape index (κ3) is 4.74. The van der Waals surface area contributed by atoms with Crippen LogP contribution in [-0.4, -0.2) is 20.4 Å². The molecule has 0 aliphatic heterocycles. The van der Waals surface area contributed by atoms with E-state index < -0.39 is 15.0 Å². The van der Waals surface area contributed by atoms with Gasteiger partial charge in [0.05, 0.1) is 15.6 Å². The topological polar surface area (TPSA) is 63.2 Å². The van der Waals surface area contributed by atoms with Crippen molar-refractivity contribution in [1.29, 1.82) is 0 Å². The zero-order chi connectivity index (χ0) is 16.4. The monoisotopic (exact) mass is 371 g/mol. The smallest absolute Gasteiger partial charge is 0.262 e. The van der Waals surface area contributed by atoms with E-state index in [1.54, 1.807) is 0 Å². The molecule has 0 spiro atoms. The van der Waals surface area contributed by atoms with Crippen molar-refractivity contribution in [2.75, 3.05) is 0 Å². The Morgan fingerprint density at radius 3 is 2.29 bits per heavy atom. The maximum absolute atomic E-state index is 12.2. The lowest BCUT2D eigenvalue weighted by Gasteiger charge is -2.20. The number of amides is 1. The summed E-state index contributed by atoms with van der Waals surface area (Å²) < 4.78 is 22.8. The Morgan fingerprint density at radius 1 is 1.24 bits per heavy atom. The minimum atomic E-state index is -4.05. The van der Waals surface area contributed by atoms with Crippen LogP contribution in [0.1, 0.15) is 37.6 Å². The molecule has 0 aliphatic rings. The highest BCUT2D eigenvalue weighted by molar-refractivity contribution is 8.13. The van der Waals surface area contributed by atoms with Crippen molar-refractivity contribution in [3.05, 3.63) is 27.7 Å². The standard InChI is InChI=1S/C13H16Cl3NO3S/c1-4-7(2)8(3)17-13(18)9-5-12(21(16,19)20)11(15)6-10(9)14/h5-8H,4H2,1-3H3,(H,17,18). The van der Waals surface area contributed by atoms with E-state index in [1.165, 1.54) is 6.07 Å². The fourth-order valence-corrected chi connectivity index (χ4v) is 3.50. The molecular formula is C13H16Cl3NO3S. The Bertz CT molecular complexity index is 646. The third-order valence-corrected chi connectivity index (χ3v) is 5.48. The van der Waals surface area contributed by atoms with Crippen LogP contribution in [0.3, 0.4) is 0 Å². The molecule has 0 fully saturated rings. The molecule has 0 aromatic heterocycles. The SMILES string of the molecule is CCC(C)C(C)NC(=O)c1cc(S(=O)(=O)Cl)c(Cl)cc1Cl. The summed E-state index contributed by atoms with van der Waals surface area (Å²) in [5.74, 6) is -0.192. The number of halogens is 3. The predicted octanol–water partition coefficient (Wildman–Crippen LogP) is 4.09. The van der Waals surface area contributed by atoms with E-state index in [0.29, 0.717) is 0 Å². The lowest BCUT2D eigenvalue weighted by Crippen LogP contribution is -2.37. The number of carbonyl (C=O) groups excluding carboxylic acids is 1. The highest BCUT2D eigenvalue weighted by atomic mass is 35.7. The molecule has 4 nitrogen and oxygen atoms in total. The summed E-state index contributed by atoms with van der Waals surface area (Å²) in [6.45, 7) is 5.89. The molecule has 1 aromatic rings. The molecule has 0 bridgehead atoms. The average molecular weight is 373 g/mol. The second-order valence-corrected chi connectivity index (χ2v) is 8.20. The molecule has 118 valence electrons. The number of carbonyl (C=O) groups is 1. The Hall–Kier alpha value is -0.490. The second-order valence-electron chi connectivity index (χ2n) is 4.85. The quantitative estimate of drug-likeness (QED) is 0.792. The zero-order valence-corrected chi connectivity index (χ0v) is 14.9. The van der Waals surface area contributed by atoms with E-state index in [2.05, 4.69) is 5.32 Å². The Kier molecular flexibility index (Phi) is 6.35. The molecule has 2 atom stereocenters. The molecule has 0 aliphatic carbocycles. The van der Waals surface area contributed by atoms with E-state index in [-0.39, 0.29) is 32.5 Å². The van der Waals surface area contributed by atoms with Crippen LogP contribution in [0.2, 0.25) is 10.0 Å².